The number of aliphatic carboxylic acids is 1. The molecule has 28 heavy (non-hydrogen) atoms. The SMILES string of the molecule is CCC.O=C(O)CNCCNC(=O)OCC1c2ccccc2-c2ccccc21. The number of alkyl carbamates (subject to hydrolysis) is 1. The van der Waals surface area contributed by atoms with Gasteiger partial charge in [0, 0.05) is 19.0 Å². The molecule has 1 aliphatic carbocycles. The van der Waals surface area contributed by atoms with Crippen molar-refractivity contribution in [3.8, 4) is 11.1 Å². The Morgan fingerprint density at radius 2 is 1.50 bits per heavy atom. The fourth-order valence-electron chi connectivity index (χ4n) is 3.10. The van der Waals surface area contributed by atoms with Gasteiger partial charge in [-0.25, -0.2) is 4.79 Å². The molecule has 3 N–H and O–H groups in total. The third kappa shape index (κ3) is 5.82. The molecule has 150 valence electrons. The molecule has 0 aliphatic heterocycles. The van der Waals surface area contributed by atoms with Crippen LogP contribution in [0, 0.1) is 0 Å². The first kappa shape index (κ1) is 21.4. The molecule has 2 aromatic carbocycles. The Morgan fingerprint density at radius 1 is 0.964 bits per heavy atom. The lowest BCUT2D eigenvalue weighted by Gasteiger charge is -2.14. The predicted molar refractivity (Wildman–Crippen MR) is 110 cm³/mol. The molecule has 6 heteroatoms. The standard InChI is InChI=1S/C19H20N2O4.C3H8/c22-18(23)11-20-9-10-21-19(24)25-12-17-15-7-3-1-5-13(15)14-6-2-4-8-16(14)17;1-3-2/h1-8,17,20H,9-12H2,(H,21,24)(H,22,23);3H2,1-2H3. The Kier molecular flexibility index (Phi) is 8.49. The number of rotatable bonds is 7. The molecule has 0 radical (unpaired) electrons. The molecule has 1 amide bonds. The molecule has 0 aromatic heterocycles. The Balaban J connectivity index is 0.000000878. The summed E-state index contributed by atoms with van der Waals surface area (Å²) in [7, 11) is 0. The van der Waals surface area contributed by atoms with Crippen LogP contribution in [0.25, 0.3) is 11.1 Å². The van der Waals surface area contributed by atoms with Gasteiger partial charge in [0.15, 0.2) is 0 Å². The minimum absolute atomic E-state index is 0.0308. The van der Waals surface area contributed by atoms with E-state index in [0.29, 0.717) is 13.1 Å². The molecule has 3 rings (SSSR count). The monoisotopic (exact) mass is 384 g/mol. The summed E-state index contributed by atoms with van der Waals surface area (Å²) in [5.41, 5.74) is 4.70. The van der Waals surface area contributed by atoms with Crippen LogP contribution in [0.3, 0.4) is 0 Å². The van der Waals surface area contributed by atoms with Crippen molar-refractivity contribution in [3.63, 3.8) is 0 Å². The van der Waals surface area contributed by atoms with E-state index in [2.05, 4.69) is 48.7 Å². The summed E-state index contributed by atoms with van der Waals surface area (Å²) in [6.07, 6.45) is 0.749. The van der Waals surface area contributed by atoms with Crippen LogP contribution >= 0.6 is 0 Å². The molecule has 0 bridgehead atoms. The van der Waals surface area contributed by atoms with E-state index in [1.165, 1.54) is 28.7 Å². The van der Waals surface area contributed by atoms with Gasteiger partial charge in [0.2, 0.25) is 0 Å². The number of carbonyl (C=O) groups excluding carboxylic acids is 1. The largest absolute Gasteiger partial charge is 0.480 e. The molecule has 6 nitrogen and oxygen atoms in total. The second kappa shape index (κ2) is 11.1. The van der Waals surface area contributed by atoms with Crippen molar-refractivity contribution in [3.05, 3.63) is 59.7 Å². The number of carboxylic acids is 1. The van der Waals surface area contributed by atoms with Gasteiger partial charge in [-0.05, 0) is 22.3 Å². The highest BCUT2D eigenvalue weighted by Gasteiger charge is 2.28. The van der Waals surface area contributed by atoms with E-state index in [9.17, 15) is 9.59 Å². The average Bonchev–Trinajstić information content (AvgIpc) is 3.00. The Bertz CT molecular complexity index is 746. The van der Waals surface area contributed by atoms with Crippen LogP contribution in [-0.4, -0.2) is 43.4 Å². The number of nitrogens with one attached hydrogen (secondary N) is 2. The summed E-state index contributed by atoms with van der Waals surface area (Å²) >= 11 is 0. The zero-order valence-electron chi connectivity index (χ0n) is 16.4. The predicted octanol–water partition coefficient (Wildman–Crippen LogP) is 3.62. The van der Waals surface area contributed by atoms with E-state index in [-0.39, 0.29) is 19.1 Å². The first-order valence-corrected chi connectivity index (χ1v) is 9.59. The van der Waals surface area contributed by atoms with Crippen LogP contribution in [0.1, 0.15) is 37.3 Å². The minimum atomic E-state index is -0.929. The maximum absolute atomic E-state index is 11.8. The van der Waals surface area contributed by atoms with E-state index in [1.807, 2.05) is 24.3 Å². The van der Waals surface area contributed by atoms with Crippen LogP contribution in [0.15, 0.2) is 48.5 Å². The van der Waals surface area contributed by atoms with Crippen LogP contribution in [-0.2, 0) is 9.53 Å². The number of hydrogen-bond acceptors (Lipinski definition) is 4. The Labute approximate surface area is 165 Å². The molecule has 0 atom stereocenters. The first-order chi connectivity index (χ1) is 13.6. The van der Waals surface area contributed by atoms with E-state index >= 15 is 0 Å². The highest BCUT2D eigenvalue weighted by molar-refractivity contribution is 5.79. The van der Waals surface area contributed by atoms with Crippen molar-refractivity contribution >= 4 is 12.1 Å². The quantitative estimate of drug-likeness (QED) is 0.635. The average molecular weight is 384 g/mol. The minimum Gasteiger partial charge on any atom is -0.480 e. The van der Waals surface area contributed by atoms with Crippen molar-refractivity contribution in [1.29, 1.82) is 0 Å². The summed E-state index contributed by atoms with van der Waals surface area (Å²) in [4.78, 5) is 22.2. The van der Waals surface area contributed by atoms with E-state index in [4.69, 9.17) is 9.84 Å². The maximum Gasteiger partial charge on any atom is 0.407 e. The number of carboxylic acid groups (broad SMARTS) is 1. The third-order valence-corrected chi connectivity index (χ3v) is 4.19. The molecule has 1 aliphatic rings. The number of fused-ring (bicyclic) bond motifs is 3. The van der Waals surface area contributed by atoms with Gasteiger partial charge in [0.25, 0.3) is 0 Å². The van der Waals surface area contributed by atoms with E-state index in [1.54, 1.807) is 0 Å². The van der Waals surface area contributed by atoms with Crippen molar-refractivity contribution in [1.82, 2.24) is 10.6 Å². The fraction of sp³-hybridized carbons (Fsp3) is 0.364. The molecular formula is C22H28N2O4. The normalized spacial score (nSPS) is 11.6. The van der Waals surface area contributed by atoms with Gasteiger partial charge in [0.05, 0.1) is 6.54 Å². The second-order valence-electron chi connectivity index (χ2n) is 6.53. The van der Waals surface area contributed by atoms with Gasteiger partial charge in [0.1, 0.15) is 6.61 Å². The topological polar surface area (TPSA) is 87.7 Å². The fourth-order valence-corrected chi connectivity index (χ4v) is 3.10. The Morgan fingerprint density at radius 3 is 2.04 bits per heavy atom. The van der Waals surface area contributed by atoms with Crippen molar-refractivity contribution in [2.75, 3.05) is 26.2 Å². The molecule has 0 saturated carbocycles. The van der Waals surface area contributed by atoms with Gasteiger partial charge in [-0.1, -0.05) is 68.8 Å². The van der Waals surface area contributed by atoms with Gasteiger partial charge in [-0.15, -0.1) is 0 Å². The number of benzene rings is 2. The van der Waals surface area contributed by atoms with Crippen LogP contribution in [0.2, 0.25) is 0 Å². The third-order valence-electron chi connectivity index (χ3n) is 4.19. The number of hydrogen-bond donors (Lipinski definition) is 3. The molecular weight excluding hydrogens is 356 g/mol. The summed E-state index contributed by atoms with van der Waals surface area (Å²) in [6.45, 7) is 5.06. The van der Waals surface area contributed by atoms with Crippen LogP contribution in [0.5, 0.6) is 0 Å². The number of ether oxygens (including phenoxy) is 1. The molecule has 0 unspecified atom stereocenters. The number of amides is 1. The van der Waals surface area contributed by atoms with Gasteiger partial charge in [-0.2, -0.15) is 0 Å². The van der Waals surface area contributed by atoms with E-state index in [0.717, 1.165) is 0 Å². The molecule has 2 aromatic rings. The summed E-state index contributed by atoms with van der Waals surface area (Å²) in [5.74, 6) is -0.899. The summed E-state index contributed by atoms with van der Waals surface area (Å²) in [6, 6.07) is 16.3. The first-order valence-electron chi connectivity index (χ1n) is 9.59. The highest BCUT2D eigenvalue weighted by atomic mass is 16.5. The van der Waals surface area contributed by atoms with Crippen molar-refractivity contribution in [2.24, 2.45) is 0 Å². The van der Waals surface area contributed by atoms with Gasteiger partial charge in [-0.3, -0.25) is 4.79 Å². The van der Waals surface area contributed by atoms with Crippen molar-refractivity contribution in [2.45, 2.75) is 26.2 Å². The lowest BCUT2D eigenvalue weighted by Crippen LogP contribution is -2.34. The second-order valence-corrected chi connectivity index (χ2v) is 6.53. The zero-order valence-corrected chi connectivity index (χ0v) is 16.4. The van der Waals surface area contributed by atoms with Crippen LogP contribution < -0.4 is 10.6 Å². The zero-order chi connectivity index (χ0) is 20.4. The molecule has 0 heterocycles. The maximum atomic E-state index is 11.8. The van der Waals surface area contributed by atoms with Gasteiger partial charge < -0.3 is 20.5 Å². The lowest BCUT2D eigenvalue weighted by molar-refractivity contribution is -0.135. The van der Waals surface area contributed by atoms with E-state index < -0.39 is 12.1 Å². The highest BCUT2D eigenvalue weighted by Crippen LogP contribution is 2.44. The van der Waals surface area contributed by atoms with Crippen molar-refractivity contribution < 1.29 is 19.4 Å². The van der Waals surface area contributed by atoms with Gasteiger partial charge >= 0.3 is 12.1 Å². The summed E-state index contributed by atoms with van der Waals surface area (Å²) in [5, 5.41) is 13.8. The molecule has 0 fully saturated rings. The molecule has 0 spiro atoms. The Hall–Kier alpha value is -2.86. The summed E-state index contributed by atoms with van der Waals surface area (Å²) < 4.78 is 5.37. The number of carbonyl (C=O) groups is 2. The molecule has 0 saturated heterocycles. The lowest BCUT2D eigenvalue weighted by atomic mass is 9.98. The smallest absolute Gasteiger partial charge is 0.407 e. The van der Waals surface area contributed by atoms with Crippen LogP contribution in [0.4, 0.5) is 4.79 Å².